The summed E-state index contributed by atoms with van der Waals surface area (Å²) in [4.78, 5) is 24.8. The van der Waals surface area contributed by atoms with Crippen molar-refractivity contribution in [3.05, 3.63) is 35.4 Å². The molecule has 1 aliphatic rings. The summed E-state index contributed by atoms with van der Waals surface area (Å²) in [5.74, 6) is -0.767. The second-order valence-corrected chi connectivity index (χ2v) is 5.81. The maximum absolute atomic E-state index is 11.9. The molecule has 1 heterocycles. The highest BCUT2D eigenvalue weighted by molar-refractivity contribution is 7.88. The van der Waals surface area contributed by atoms with Gasteiger partial charge in [0.15, 0.2) is 0 Å². The van der Waals surface area contributed by atoms with Crippen LogP contribution in [0.2, 0.25) is 0 Å². The maximum Gasteiger partial charge on any atom is 0.261 e. The first-order chi connectivity index (χ1) is 8.40. The van der Waals surface area contributed by atoms with Gasteiger partial charge < -0.3 is 0 Å². The van der Waals surface area contributed by atoms with E-state index in [9.17, 15) is 18.0 Å². The van der Waals surface area contributed by atoms with Gasteiger partial charge >= 0.3 is 0 Å². The first kappa shape index (κ1) is 12.7. The molecule has 0 saturated heterocycles. The maximum atomic E-state index is 11.9. The van der Waals surface area contributed by atoms with Crippen LogP contribution in [0.3, 0.4) is 0 Å². The lowest BCUT2D eigenvalue weighted by Gasteiger charge is -2.13. The number of hydrogen-bond donors (Lipinski definition) is 1. The first-order valence-corrected chi connectivity index (χ1v) is 7.19. The monoisotopic (exact) mass is 268 g/mol. The largest absolute Gasteiger partial charge is 0.273 e. The number of fused-ring (bicyclic) bond motifs is 1. The molecule has 1 N–H and O–H groups in total. The molecule has 7 heteroatoms. The van der Waals surface area contributed by atoms with Gasteiger partial charge in [-0.3, -0.25) is 14.5 Å². The van der Waals surface area contributed by atoms with Gasteiger partial charge in [0.25, 0.3) is 11.8 Å². The molecule has 0 bridgehead atoms. The van der Waals surface area contributed by atoms with Gasteiger partial charge in [0.2, 0.25) is 10.0 Å². The Morgan fingerprint density at radius 2 is 1.61 bits per heavy atom. The molecule has 2 amide bonds. The lowest BCUT2D eigenvalue weighted by molar-refractivity contribution is 0.0657. The molecule has 18 heavy (non-hydrogen) atoms. The Balaban J connectivity index is 2.10. The summed E-state index contributed by atoms with van der Waals surface area (Å²) in [6, 6.07) is 6.53. The lowest BCUT2D eigenvalue weighted by Crippen LogP contribution is -2.37. The number of amides is 2. The SMILES string of the molecule is CS(=O)(=O)NCCN1C(=O)c2ccccc2C1=O. The Morgan fingerprint density at radius 3 is 2.06 bits per heavy atom. The van der Waals surface area contributed by atoms with Gasteiger partial charge in [0, 0.05) is 13.1 Å². The molecule has 0 aliphatic carbocycles. The van der Waals surface area contributed by atoms with Crippen molar-refractivity contribution in [2.45, 2.75) is 0 Å². The van der Waals surface area contributed by atoms with Crippen LogP contribution >= 0.6 is 0 Å². The minimum Gasteiger partial charge on any atom is -0.273 e. The molecule has 0 fully saturated rings. The smallest absolute Gasteiger partial charge is 0.261 e. The van der Waals surface area contributed by atoms with Gasteiger partial charge in [-0.25, -0.2) is 13.1 Å². The molecule has 6 nitrogen and oxygen atoms in total. The lowest BCUT2D eigenvalue weighted by atomic mass is 10.1. The Kier molecular flexibility index (Phi) is 3.18. The van der Waals surface area contributed by atoms with Crippen LogP contribution in [0.5, 0.6) is 0 Å². The van der Waals surface area contributed by atoms with Crippen molar-refractivity contribution in [3.8, 4) is 0 Å². The normalized spacial score (nSPS) is 15.1. The zero-order chi connectivity index (χ0) is 13.3. The van der Waals surface area contributed by atoms with Crippen LogP contribution in [0.4, 0.5) is 0 Å². The third-order valence-corrected chi connectivity index (χ3v) is 3.31. The Morgan fingerprint density at radius 1 is 1.11 bits per heavy atom. The molecule has 0 unspecified atom stereocenters. The molecule has 0 saturated carbocycles. The summed E-state index contributed by atoms with van der Waals surface area (Å²) >= 11 is 0. The highest BCUT2D eigenvalue weighted by Gasteiger charge is 2.34. The van der Waals surface area contributed by atoms with Crippen LogP contribution in [0, 0.1) is 0 Å². The van der Waals surface area contributed by atoms with Crippen molar-refractivity contribution in [2.24, 2.45) is 0 Å². The predicted octanol–water partition coefficient (Wildman–Crippen LogP) is -0.168. The molecule has 2 rings (SSSR count). The van der Waals surface area contributed by atoms with E-state index in [1.54, 1.807) is 24.3 Å². The summed E-state index contributed by atoms with van der Waals surface area (Å²) in [6.45, 7) is 0.0454. The van der Waals surface area contributed by atoms with E-state index in [0.717, 1.165) is 11.2 Å². The van der Waals surface area contributed by atoms with E-state index < -0.39 is 10.0 Å². The number of benzene rings is 1. The average molecular weight is 268 g/mol. The number of imide groups is 1. The van der Waals surface area contributed by atoms with Gasteiger partial charge in [-0.15, -0.1) is 0 Å². The molecule has 1 aliphatic heterocycles. The summed E-state index contributed by atoms with van der Waals surface area (Å²) in [5.41, 5.74) is 0.726. The zero-order valence-electron chi connectivity index (χ0n) is 9.71. The Bertz CT molecular complexity index is 574. The van der Waals surface area contributed by atoms with Crippen molar-refractivity contribution >= 4 is 21.8 Å². The molecule has 0 spiro atoms. The van der Waals surface area contributed by atoms with Crippen LogP contribution < -0.4 is 4.72 Å². The highest BCUT2D eigenvalue weighted by atomic mass is 32.2. The third kappa shape index (κ3) is 2.41. The first-order valence-electron chi connectivity index (χ1n) is 5.30. The zero-order valence-corrected chi connectivity index (χ0v) is 10.5. The van der Waals surface area contributed by atoms with Gasteiger partial charge in [-0.1, -0.05) is 12.1 Å². The van der Waals surface area contributed by atoms with Crippen LogP contribution in [-0.4, -0.2) is 44.5 Å². The average Bonchev–Trinajstić information content (AvgIpc) is 2.53. The second-order valence-electron chi connectivity index (χ2n) is 3.97. The molecule has 96 valence electrons. The topological polar surface area (TPSA) is 83.6 Å². The Hall–Kier alpha value is -1.73. The second kappa shape index (κ2) is 4.51. The van der Waals surface area contributed by atoms with E-state index in [2.05, 4.69) is 4.72 Å². The fourth-order valence-corrected chi connectivity index (χ4v) is 2.25. The fourth-order valence-electron chi connectivity index (χ4n) is 1.79. The van der Waals surface area contributed by atoms with E-state index in [4.69, 9.17) is 0 Å². The molecule has 0 atom stereocenters. The van der Waals surface area contributed by atoms with Crippen LogP contribution in [0.1, 0.15) is 20.7 Å². The van der Waals surface area contributed by atoms with Gasteiger partial charge in [0.1, 0.15) is 0 Å². The summed E-state index contributed by atoms with van der Waals surface area (Å²) in [6.07, 6.45) is 1.02. The van der Waals surface area contributed by atoms with Crippen molar-refractivity contribution < 1.29 is 18.0 Å². The van der Waals surface area contributed by atoms with Crippen LogP contribution in [0.25, 0.3) is 0 Å². The Labute approximate surface area is 105 Å². The minimum atomic E-state index is -3.32. The molecule has 1 aromatic carbocycles. The summed E-state index contributed by atoms with van der Waals surface area (Å²) in [5, 5.41) is 0. The van der Waals surface area contributed by atoms with Crippen molar-refractivity contribution in [3.63, 3.8) is 0 Å². The molecule has 1 aromatic rings. The minimum absolute atomic E-state index is 0.0182. The van der Waals surface area contributed by atoms with Gasteiger partial charge in [-0.05, 0) is 12.1 Å². The van der Waals surface area contributed by atoms with E-state index in [0.29, 0.717) is 11.1 Å². The van der Waals surface area contributed by atoms with E-state index in [1.807, 2.05) is 0 Å². The molecular formula is C11H12N2O4S. The van der Waals surface area contributed by atoms with Crippen molar-refractivity contribution in [1.82, 2.24) is 9.62 Å². The number of sulfonamides is 1. The molecule has 0 aromatic heterocycles. The molecular weight excluding hydrogens is 256 g/mol. The highest BCUT2D eigenvalue weighted by Crippen LogP contribution is 2.21. The van der Waals surface area contributed by atoms with Gasteiger partial charge in [0.05, 0.1) is 17.4 Å². The summed E-state index contributed by atoms with van der Waals surface area (Å²) in [7, 11) is -3.32. The van der Waals surface area contributed by atoms with Crippen LogP contribution in [0.15, 0.2) is 24.3 Å². The van der Waals surface area contributed by atoms with Gasteiger partial charge in [-0.2, -0.15) is 0 Å². The fraction of sp³-hybridized carbons (Fsp3) is 0.273. The quantitative estimate of drug-likeness (QED) is 0.769. The van der Waals surface area contributed by atoms with E-state index in [-0.39, 0.29) is 24.9 Å². The van der Waals surface area contributed by atoms with E-state index >= 15 is 0 Å². The predicted molar refractivity (Wildman–Crippen MR) is 64.7 cm³/mol. The molecule has 0 radical (unpaired) electrons. The standard InChI is InChI=1S/C11H12N2O4S/c1-18(16,17)12-6-7-13-10(14)8-4-2-3-5-9(8)11(13)15/h2-5,12H,6-7H2,1H3. The number of nitrogens with zero attached hydrogens (tertiary/aromatic N) is 1. The number of hydrogen-bond acceptors (Lipinski definition) is 4. The van der Waals surface area contributed by atoms with E-state index in [1.165, 1.54) is 0 Å². The summed E-state index contributed by atoms with van der Waals surface area (Å²) < 4.78 is 24.0. The number of rotatable bonds is 4. The van der Waals surface area contributed by atoms with Crippen molar-refractivity contribution in [1.29, 1.82) is 0 Å². The van der Waals surface area contributed by atoms with Crippen molar-refractivity contribution in [2.75, 3.05) is 19.3 Å². The number of nitrogens with one attached hydrogen (secondary N) is 1. The number of carbonyl (C=O) groups excluding carboxylic acids is 2. The number of carbonyl (C=O) groups is 2. The third-order valence-electron chi connectivity index (χ3n) is 2.58. The van der Waals surface area contributed by atoms with Crippen LogP contribution in [-0.2, 0) is 10.0 Å².